The highest BCUT2D eigenvalue weighted by Crippen LogP contribution is 2.50. The molecule has 1 aromatic rings. The standard InChI is InChI=1S/C38H67NO3/c1-8-11-12-13-14-15-16-17-18-19-20-21-22-23-27-30-36(40)41-35-31-34(9-2)39(38(7,10-3)37(35,5)6)42-32(4)33-28-25-24-26-29-33/h24-26,28-29,32,34-35H,8-23,27,30-31H2,1-7H3. The summed E-state index contributed by atoms with van der Waals surface area (Å²) in [6.45, 7) is 15.7. The number of nitrogens with zero attached hydrogens (tertiary/aromatic N) is 1. The third-order valence-corrected chi connectivity index (χ3v) is 10.5. The van der Waals surface area contributed by atoms with Gasteiger partial charge in [-0.05, 0) is 38.7 Å². The van der Waals surface area contributed by atoms with E-state index in [0.717, 1.165) is 32.1 Å². The normalized spacial score (nSPS) is 23.1. The number of carbonyl (C=O) groups excluding carboxylic acids is 1. The van der Waals surface area contributed by atoms with Gasteiger partial charge >= 0.3 is 5.97 Å². The van der Waals surface area contributed by atoms with Gasteiger partial charge in [-0.1, -0.05) is 155 Å². The topological polar surface area (TPSA) is 38.8 Å². The molecule has 2 rings (SSSR count). The summed E-state index contributed by atoms with van der Waals surface area (Å²) in [6, 6.07) is 10.7. The molecular formula is C38H67NO3. The van der Waals surface area contributed by atoms with Crippen LogP contribution in [-0.2, 0) is 14.4 Å². The second-order valence-electron chi connectivity index (χ2n) is 13.8. The fourth-order valence-electron chi connectivity index (χ4n) is 6.83. The Hall–Kier alpha value is -1.39. The average molecular weight is 586 g/mol. The molecule has 1 aliphatic heterocycles. The number of esters is 1. The van der Waals surface area contributed by atoms with E-state index in [4.69, 9.17) is 9.57 Å². The molecule has 1 heterocycles. The van der Waals surface area contributed by atoms with Crippen molar-refractivity contribution in [2.24, 2.45) is 5.41 Å². The minimum Gasteiger partial charge on any atom is -0.462 e. The second kappa shape index (κ2) is 19.8. The highest BCUT2D eigenvalue weighted by molar-refractivity contribution is 5.69. The predicted octanol–water partition coefficient (Wildman–Crippen LogP) is 11.5. The van der Waals surface area contributed by atoms with Crippen molar-refractivity contribution in [3.63, 3.8) is 0 Å². The summed E-state index contributed by atoms with van der Waals surface area (Å²) in [7, 11) is 0. The number of ether oxygens (including phenoxy) is 1. The molecule has 0 radical (unpaired) electrons. The average Bonchev–Trinajstić information content (AvgIpc) is 2.99. The summed E-state index contributed by atoms with van der Waals surface area (Å²) in [5.41, 5.74) is 0.684. The minimum absolute atomic E-state index is 0.0249. The zero-order valence-electron chi connectivity index (χ0n) is 28.7. The van der Waals surface area contributed by atoms with Crippen molar-refractivity contribution in [3.8, 4) is 0 Å². The molecule has 1 fully saturated rings. The van der Waals surface area contributed by atoms with Gasteiger partial charge in [0.1, 0.15) is 12.2 Å². The van der Waals surface area contributed by atoms with Crippen LogP contribution >= 0.6 is 0 Å². The molecule has 1 aliphatic rings. The molecule has 0 saturated carbocycles. The van der Waals surface area contributed by atoms with Crippen molar-refractivity contribution < 1.29 is 14.4 Å². The van der Waals surface area contributed by atoms with Crippen molar-refractivity contribution in [1.82, 2.24) is 5.06 Å². The van der Waals surface area contributed by atoms with Gasteiger partial charge < -0.3 is 4.74 Å². The molecule has 1 aromatic carbocycles. The first-order valence-electron chi connectivity index (χ1n) is 17.9. The molecule has 42 heavy (non-hydrogen) atoms. The Morgan fingerprint density at radius 1 is 0.810 bits per heavy atom. The Morgan fingerprint density at radius 2 is 1.31 bits per heavy atom. The third kappa shape index (κ3) is 11.3. The lowest BCUT2D eigenvalue weighted by molar-refractivity contribution is -0.327. The van der Waals surface area contributed by atoms with Gasteiger partial charge in [-0.15, -0.1) is 0 Å². The van der Waals surface area contributed by atoms with Crippen LogP contribution in [0.5, 0.6) is 0 Å². The largest absolute Gasteiger partial charge is 0.462 e. The first-order valence-corrected chi connectivity index (χ1v) is 17.9. The van der Waals surface area contributed by atoms with E-state index in [1.54, 1.807) is 0 Å². The zero-order valence-corrected chi connectivity index (χ0v) is 28.7. The molecule has 1 saturated heterocycles. The Kier molecular flexibility index (Phi) is 17.3. The van der Waals surface area contributed by atoms with Crippen LogP contribution in [0.25, 0.3) is 0 Å². The van der Waals surface area contributed by atoms with Crippen LogP contribution < -0.4 is 0 Å². The maximum absolute atomic E-state index is 13.0. The van der Waals surface area contributed by atoms with E-state index in [-0.39, 0.29) is 35.2 Å². The summed E-state index contributed by atoms with van der Waals surface area (Å²) >= 11 is 0. The van der Waals surface area contributed by atoms with E-state index in [1.165, 1.54) is 89.0 Å². The third-order valence-electron chi connectivity index (χ3n) is 10.5. The van der Waals surface area contributed by atoms with Crippen molar-refractivity contribution in [3.05, 3.63) is 35.9 Å². The van der Waals surface area contributed by atoms with Crippen molar-refractivity contribution in [1.29, 1.82) is 0 Å². The molecule has 0 N–H and O–H groups in total. The summed E-state index contributed by atoms with van der Waals surface area (Å²) < 4.78 is 6.27. The van der Waals surface area contributed by atoms with Crippen LogP contribution in [0.2, 0.25) is 0 Å². The van der Waals surface area contributed by atoms with Crippen LogP contribution in [0.1, 0.15) is 182 Å². The van der Waals surface area contributed by atoms with E-state index in [0.29, 0.717) is 6.42 Å². The van der Waals surface area contributed by atoms with Gasteiger partial charge in [0.15, 0.2) is 0 Å². The van der Waals surface area contributed by atoms with Crippen molar-refractivity contribution in [2.75, 3.05) is 0 Å². The predicted molar refractivity (Wildman–Crippen MR) is 178 cm³/mol. The van der Waals surface area contributed by atoms with Crippen LogP contribution in [0.4, 0.5) is 0 Å². The maximum Gasteiger partial charge on any atom is 0.306 e. The smallest absolute Gasteiger partial charge is 0.306 e. The number of benzene rings is 1. The van der Waals surface area contributed by atoms with Gasteiger partial charge in [-0.25, -0.2) is 0 Å². The van der Waals surface area contributed by atoms with Crippen LogP contribution in [-0.4, -0.2) is 28.7 Å². The molecule has 4 unspecified atom stereocenters. The highest BCUT2D eigenvalue weighted by Gasteiger charge is 2.57. The fourth-order valence-corrected chi connectivity index (χ4v) is 6.83. The Labute approximate surface area is 260 Å². The molecular weight excluding hydrogens is 518 g/mol. The first kappa shape index (κ1) is 36.8. The number of hydroxylamine groups is 2. The van der Waals surface area contributed by atoms with Crippen LogP contribution in [0, 0.1) is 5.41 Å². The van der Waals surface area contributed by atoms with Crippen LogP contribution in [0.3, 0.4) is 0 Å². The van der Waals surface area contributed by atoms with Gasteiger partial charge in [-0.2, -0.15) is 5.06 Å². The molecule has 4 atom stereocenters. The summed E-state index contributed by atoms with van der Waals surface area (Å²) in [6.07, 6.45) is 23.1. The van der Waals surface area contributed by atoms with Gasteiger partial charge in [0.2, 0.25) is 0 Å². The SMILES string of the molecule is CCCCCCCCCCCCCCCCCC(=O)OC1CC(CC)N(OC(C)c2ccccc2)C(C)(CC)C1(C)C. The van der Waals surface area contributed by atoms with Crippen LogP contribution in [0.15, 0.2) is 30.3 Å². The summed E-state index contributed by atoms with van der Waals surface area (Å²) in [5, 5.41) is 2.27. The van der Waals surface area contributed by atoms with E-state index in [9.17, 15) is 4.79 Å². The van der Waals surface area contributed by atoms with E-state index < -0.39 is 0 Å². The van der Waals surface area contributed by atoms with Gasteiger partial charge in [0.25, 0.3) is 0 Å². The number of unbranched alkanes of at least 4 members (excludes halogenated alkanes) is 14. The number of hydrogen-bond donors (Lipinski definition) is 0. The molecule has 0 amide bonds. The van der Waals surface area contributed by atoms with E-state index in [1.807, 2.05) is 6.07 Å². The fraction of sp³-hybridized carbons (Fsp3) is 0.816. The van der Waals surface area contributed by atoms with Crippen molar-refractivity contribution in [2.45, 2.75) is 194 Å². The lowest BCUT2D eigenvalue weighted by Gasteiger charge is -2.60. The molecule has 0 spiro atoms. The first-order chi connectivity index (χ1) is 20.2. The molecule has 4 heteroatoms. The van der Waals surface area contributed by atoms with Gasteiger partial charge in [-0.3, -0.25) is 9.63 Å². The molecule has 4 nitrogen and oxygen atoms in total. The lowest BCUT2D eigenvalue weighted by atomic mass is 9.63. The quantitative estimate of drug-likeness (QED) is 0.100. The number of hydrogen-bond acceptors (Lipinski definition) is 4. The van der Waals surface area contributed by atoms with E-state index in [2.05, 4.69) is 77.8 Å². The van der Waals surface area contributed by atoms with Crippen molar-refractivity contribution >= 4 is 5.97 Å². The molecule has 242 valence electrons. The Morgan fingerprint density at radius 3 is 1.79 bits per heavy atom. The molecule has 0 bridgehead atoms. The monoisotopic (exact) mass is 586 g/mol. The Bertz CT molecular complexity index is 840. The zero-order chi connectivity index (χ0) is 30.8. The summed E-state index contributed by atoms with van der Waals surface area (Å²) in [4.78, 5) is 19.7. The van der Waals surface area contributed by atoms with Gasteiger partial charge in [0, 0.05) is 24.3 Å². The Balaban J connectivity index is 1.71. The second-order valence-corrected chi connectivity index (χ2v) is 13.8. The van der Waals surface area contributed by atoms with E-state index >= 15 is 0 Å². The molecule has 0 aromatic heterocycles. The van der Waals surface area contributed by atoms with Gasteiger partial charge in [0.05, 0.1) is 5.54 Å². The number of rotatable bonds is 22. The highest BCUT2D eigenvalue weighted by atomic mass is 16.7. The maximum atomic E-state index is 13.0. The lowest BCUT2D eigenvalue weighted by Crippen LogP contribution is -2.68. The summed E-state index contributed by atoms with van der Waals surface area (Å²) in [5.74, 6) is -0.0249. The number of piperidine rings is 1. The number of carbonyl (C=O) groups is 1. The molecule has 0 aliphatic carbocycles. The minimum atomic E-state index is -0.255.